The van der Waals surface area contributed by atoms with Gasteiger partial charge in [0.2, 0.25) is 0 Å². The Hall–Kier alpha value is -2.53. The van der Waals surface area contributed by atoms with Crippen molar-refractivity contribution in [3.63, 3.8) is 0 Å². The summed E-state index contributed by atoms with van der Waals surface area (Å²) in [6.45, 7) is 15.3. The summed E-state index contributed by atoms with van der Waals surface area (Å²) in [4.78, 5) is 12.6. The number of ether oxygens (including phenoxy) is 3. The van der Waals surface area contributed by atoms with Crippen molar-refractivity contribution >= 4 is 5.97 Å². The lowest BCUT2D eigenvalue weighted by molar-refractivity contribution is 0.0216. The normalized spacial score (nSPS) is 12.8. The van der Waals surface area contributed by atoms with Gasteiger partial charge in [-0.1, -0.05) is 66.2 Å². The monoisotopic (exact) mass is 484 g/mol. The van der Waals surface area contributed by atoms with Crippen LogP contribution in [0, 0.1) is 12.3 Å². The molecular weight excluding hydrogens is 440 g/mol. The molecule has 1 unspecified atom stereocenters. The van der Waals surface area contributed by atoms with Crippen molar-refractivity contribution < 1.29 is 24.1 Å². The minimum Gasteiger partial charge on any atom is -0.493 e. The van der Waals surface area contributed by atoms with Crippen LogP contribution < -0.4 is 9.47 Å². The quantitative estimate of drug-likeness (QED) is 0.264. The third-order valence-corrected chi connectivity index (χ3v) is 7.02. The zero-order valence-electron chi connectivity index (χ0n) is 22.9. The summed E-state index contributed by atoms with van der Waals surface area (Å²) in [6, 6.07) is 12.1. The van der Waals surface area contributed by atoms with Gasteiger partial charge in [0.15, 0.2) is 0 Å². The van der Waals surface area contributed by atoms with Crippen LogP contribution in [0.2, 0.25) is 0 Å². The molecule has 0 aliphatic heterocycles. The molecule has 0 bridgehead atoms. The lowest BCUT2D eigenvalue weighted by atomic mass is 9.70. The fourth-order valence-electron chi connectivity index (χ4n) is 4.31. The van der Waals surface area contributed by atoms with Crippen LogP contribution in [0.25, 0.3) is 0 Å². The summed E-state index contributed by atoms with van der Waals surface area (Å²) in [5.74, 6) is 0.942. The number of unbranched alkanes of at least 4 members (excludes halogenated alkanes) is 1. The Morgan fingerprint density at radius 2 is 1.54 bits per heavy atom. The van der Waals surface area contributed by atoms with Crippen LogP contribution in [-0.2, 0) is 10.2 Å². The highest BCUT2D eigenvalue weighted by atomic mass is 16.5. The number of aryl methyl sites for hydroxylation is 1. The van der Waals surface area contributed by atoms with Crippen molar-refractivity contribution in [2.45, 2.75) is 85.7 Å². The molecule has 0 fully saturated rings. The van der Waals surface area contributed by atoms with Crippen molar-refractivity contribution in [3.8, 4) is 11.5 Å². The third kappa shape index (κ3) is 6.78. The predicted octanol–water partition coefficient (Wildman–Crippen LogP) is 6.85. The van der Waals surface area contributed by atoms with Crippen molar-refractivity contribution in [1.29, 1.82) is 0 Å². The van der Waals surface area contributed by atoms with Gasteiger partial charge in [0.25, 0.3) is 0 Å². The first-order chi connectivity index (χ1) is 16.5. The van der Waals surface area contributed by atoms with Gasteiger partial charge in [0.05, 0.1) is 19.8 Å². The highest BCUT2D eigenvalue weighted by Gasteiger charge is 2.33. The lowest BCUT2D eigenvalue weighted by Gasteiger charge is -2.34. The molecular formula is C30H44O5. The zero-order valence-corrected chi connectivity index (χ0v) is 22.9. The number of hydrogen-bond donors (Lipinski definition) is 1. The molecule has 0 spiro atoms. The Labute approximate surface area is 211 Å². The first-order valence-electron chi connectivity index (χ1n) is 12.8. The summed E-state index contributed by atoms with van der Waals surface area (Å²) >= 11 is 0. The first kappa shape index (κ1) is 28.7. The Bertz CT molecular complexity index is 969. The molecule has 0 aromatic heterocycles. The molecule has 5 heteroatoms. The molecule has 2 aromatic carbocycles. The fourth-order valence-corrected chi connectivity index (χ4v) is 4.31. The molecule has 1 atom stereocenters. The van der Waals surface area contributed by atoms with Gasteiger partial charge in [-0.25, -0.2) is 4.79 Å². The van der Waals surface area contributed by atoms with Crippen molar-refractivity contribution in [2.24, 2.45) is 5.41 Å². The molecule has 0 aliphatic carbocycles. The van der Waals surface area contributed by atoms with E-state index in [4.69, 9.17) is 14.2 Å². The molecule has 0 saturated heterocycles. The van der Waals surface area contributed by atoms with Gasteiger partial charge >= 0.3 is 5.97 Å². The molecule has 35 heavy (non-hydrogen) atoms. The van der Waals surface area contributed by atoms with Gasteiger partial charge in [-0.05, 0) is 66.5 Å². The van der Waals surface area contributed by atoms with E-state index in [0.29, 0.717) is 17.9 Å². The first-order valence-corrected chi connectivity index (χ1v) is 12.8. The molecule has 0 aliphatic rings. The Kier molecular flexibility index (Phi) is 10.2. The number of aliphatic hydroxyl groups is 1. The average Bonchev–Trinajstić information content (AvgIpc) is 2.84. The fraction of sp³-hybridized carbons (Fsp3) is 0.567. The number of carbonyl (C=O) groups is 1. The summed E-state index contributed by atoms with van der Waals surface area (Å²) in [6.07, 6.45) is 3.12. The number of aliphatic hydroxyl groups excluding tert-OH is 1. The van der Waals surface area contributed by atoms with Gasteiger partial charge < -0.3 is 19.3 Å². The number of benzene rings is 2. The standard InChI is InChI=1S/C30H44O5/c1-9-12-17-34-26-16-14-23(19-24(26)28(32)33-8)30(10-2,11-3)22-13-15-25(21(4)18-22)35-20-27(31)29(5,6)7/h13-16,18-19,27,31H,9-12,17,20H2,1-8H3. The maximum absolute atomic E-state index is 12.6. The highest BCUT2D eigenvalue weighted by Crippen LogP contribution is 2.42. The molecule has 2 aromatic rings. The second-order valence-electron chi connectivity index (χ2n) is 10.4. The largest absolute Gasteiger partial charge is 0.493 e. The van der Waals surface area contributed by atoms with E-state index in [2.05, 4.69) is 39.0 Å². The number of hydrogen-bond acceptors (Lipinski definition) is 5. The van der Waals surface area contributed by atoms with E-state index in [1.54, 1.807) is 0 Å². The second-order valence-corrected chi connectivity index (χ2v) is 10.4. The van der Waals surface area contributed by atoms with Crippen molar-refractivity contribution in [2.75, 3.05) is 20.3 Å². The van der Waals surface area contributed by atoms with Crippen LogP contribution in [-0.4, -0.2) is 37.5 Å². The Morgan fingerprint density at radius 1 is 0.943 bits per heavy atom. The minimum absolute atomic E-state index is 0.239. The maximum atomic E-state index is 12.6. The van der Waals surface area contributed by atoms with E-state index in [-0.39, 0.29) is 17.4 Å². The van der Waals surface area contributed by atoms with E-state index in [0.717, 1.165) is 42.6 Å². The predicted molar refractivity (Wildman–Crippen MR) is 142 cm³/mol. The Morgan fingerprint density at radius 3 is 2.06 bits per heavy atom. The van der Waals surface area contributed by atoms with Crippen molar-refractivity contribution in [1.82, 2.24) is 0 Å². The number of methoxy groups -OCH3 is 1. The lowest BCUT2D eigenvalue weighted by Crippen LogP contribution is -2.32. The van der Waals surface area contributed by atoms with Crippen LogP contribution in [0.1, 0.15) is 94.3 Å². The molecule has 194 valence electrons. The minimum atomic E-state index is -0.554. The third-order valence-electron chi connectivity index (χ3n) is 7.02. The van der Waals surface area contributed by atoms with E-state index >= 15 is 0 Å². The summed E-state index contributed by atoms with van der Waals surface area (Å²) in [7, 11) is 1.40. The number of carbonyl (C=O) groups excluding carboxylic acids is 1. The van der Waals surface area contributed by atoms with Gasteiger partial charge in [-0.2, -0.15) is 0 Å². The summed E-state index contributed by atoms with van der Waals surface area (Å²) in [5, 5.41) is 10.4. The van der Waals surface area contributed by atoms with Gasteiger partial charge in [-0.3, -0.25) is 0 Å². The van der Waals surface area contributed by atoms with Gasteiger partial charge in [0.1, 0.15) is 23.7 Å². The highest BCUT2D eigenvalue weighted by molar-refractivity contribution is 5.92. The molecule has 0 radical (unpaired) electrons. The van der Waals surface area contributed by atoms with Crippen LogP contribution >= 0.6 is 0 Å². The smallest absolute Gasteiger partial charge is 0.341 e. The SMILES string of the molecule is CCCCOc1ccc(C(CC)(CC)c2ccc(OCC(O)C(C)(C)C)c(C)c2)cc1C(=O)OC. The van der Waals surface area contributed by atoms with E-state index in [1.807, 2.05) is 45.9 Å². The number of rotatable bonds is 12. The summed E-state index contributed by atoms with van der Waals surface area (Å²) < 4.78 is 16.9. The Balaban J connectivity index is 2.44. The molecule has 0 saturated carbocycles. The second kappa shape index (κ2) is 12.4. The van der Waals surface area contributed by atoms with E-state index in [1.165, 1.54) is 12.7 Å². The van der Waals surface area contributed by atoms with Crippen LogP contribution in [0.15, 0.2) is 36.4 Å². The molecule has 0 amide bonds. The molecule has 1 N–H and O–H groups in total. The molecule has 2 rings (SSSR count). The summed E-state index contributed by atoms with van der Waals surface area (Å²) in [5.41, 5.74) is 3.18. The molecule has 5 nitrogen and oxygen atoms in total. The van der Waals surface area contributed by atoms with Crippen molar-refractivity contribution in [3.05, 3.63) is 58.7 Å². The van der Waals surface area contributed by atoms with Gasteiger partial charge in [-0.15, -0.1) is 0 Å². The topological polar surface area (TPSA) is 65.0 Å². The van der Waals surface area contributed by atoms with E-state index < -0.39 is 12.1 Å². The average molecular weight is 485 g/mol. The van der Waals surface area contributed by atoms with Crippen LogP contribution in [0.5, 0.6) is 11.5 Å². The van der Waals surface area contributed by atoms with Crippen LogP contribution in [0.4, 0.5) is 0 Å². The van der Waals surface area contributed by atoms with Gasteiger partial charge in [0, 0.05) is 5.41 Å². The van der Waals surface area contributed by atoms with E-state index in [9.17, 15) is 9.90 Å². The maximum Gasteiger partial charge on any atom is 0.341 e. The van der Waals surface area contributed by atoms with Crippen LogP contribution in [0.3, 0.4) is 0 Å². The molecule has 0 heterocycles. The number of esters is 1. The zero-order chi connectivity index (χ0) is 26.2.